The summed E-state index contributed by atoms with van der Waals surface area (Å²) < 4.78 is 22.0. The van der Waals surface area contributed by atoms with Gasteiger partial charge in [-0.1, -0.05) is 62.6 Å². The number of fused-ring (bicyclic) bond motifs is 1. The van der Waals surface area contributed by atoms with Crippen molar-refractivity contribution < 1.29 is 28.2 Å². The van der Waals surface area contributed by atoms with E-state index >= 15 is 0 Å². The Kier molecular flexibility index (Phi) is 10.7. The molecule has 0 aliphatic rings. The molecule has 0 unspecified atom stereocenters. The number of nitrogens with one attached hydrogen (secondary N) is 1. The summed E-state index contributed by atoms with van der Waals surface area (Å²) in [6.45, 7) is 2.97. The topological polar surface area (TPSA) is 128 Å². The number of hydrogen-bond donors (Lipinski definition) is 1. The second-order valence-electron chi connectivity index (χ2n) is 9.69. The van der Waals surface area contributed by atoms with E-state index < -0.39 is 17.5 Å². The molecule has 9 heteroatoms. The SMILES string of the molecule is CCCCCCOc1ccc(/C=C(\C#N)C(=O)Oc2ccc3cc(C(=O)NCc4ccccc4)c(=O)oc3c2)cc1OC. The summed E-state index contributed by atoms with van der Waals surface area (Å²) in [6, 6.07) is 22.1. The van der Waals surface area contributed by atoms with Gasteiger partial charge in [0.2, 0.25) is 0 Å². The highest BCUT2D eigenvalue weighted by Crippen LogP contribution is 2.29. The van der Waals surface area contributed by atoms with Gasteiger partial charge in [-0.25, -0.2) is 9.59 Å². The van der Waals surface area contributed by atoms with Crippen molar-refractivity contribution in [2.75, 3.05) is 13.7 Å². The lowest BCUT2D eigenvalue weighted by Crippen LogP contribution is -2.27. The van der Waals surface area contributed by atoms with Crippen LogP contribution in [0.25, 0.3) is 17.0 Å². The summed E-state index contributed by atoms with van der Waals surface area (Å²) in [5.74, 6) is -0.342. The summed E-state index contributed by atoms with van der Waals surface area (Å²) in [5.41, 5.74) is 0.324. The normalized spacial score (nSPS) is 11.0. The third-order valence-corrected chi connectivity index (χ3v) is 6.55. The second kappa shape index (κ2) is 15.0. The van der Waals surface area contributed by atoms with Crippen molar-refractivity contribution in [1.29, 1.82) is 5.26 Å². The Balaban J connectivity index is 1.44. The lowest BCUT2D eigenvalue weighted by atomic mass is 10.1. The van der Waals surface area contributed by atoms with Crippen LogP contribution in [-0.4, -0.2) is 25.6 Å². The van der Waals surface area contributed by atoms with Gasteiger partial charge in [-0.3, -0.25) is 4.79 Å². The average Bonchev–Trinajstić information content (AvgIpc) is 3.02. The largest absolute Gasteiger partial charge is 0.493 e. The number of methoxy groups -OCH3 is 1. The van der Waals surface area contributed by atoms with Crippen LogP contribution in [-0.2, 0) is 11.3 Å². The monoisotopic (exact) mass is 580 g/mol. The van der Waals surface area contributed by atoms with Crippen LogP contribution in [0.2, 0.25) is 0 Å². The molecule has 1 heterocycles. The standard InChI is InChI=1S/C34H32N2O7/c1-3-4-5-9-16-41-29-15-12-24(18-31(29)40-2)17-26(21-35)33(38)42-27-14-13-25-19-28(34(39)43-30(25)20-27)32(37)36-22-23-10-7-6-8-11-23/h6-8,10-15,17-20H,3-5,9,16,22H2,1-2H3,(H,36,37)/b26-17+. The van der Waals surface area contributed by atoms with Gasteiger partial charge in [0, 0.05) is 18.0 Å². The van der Waals surface area contributed by atoms with Gasteiger partial charge < -0.3 is 23.9 Å². The molecular weight excluding hydrogens is 548 g/mol. The maximum atomic E-state index is 12.8. The zero-order chi connectivity index (χ0) is 30.6. The molecule has 9 nitrogen and oxygen atoms in total. The Morgan fingerprint density at radius 2 is 1.79 bits per heavy atom. The van der Waals surface area contributed by atoms with E-state index in [9.17, 15) is 19.6 Å². The van der Waals surface area contributed by atoms with E-state index in [1.165, 1.54) is 31.4 Å². The Labute approximate surface area is 249 Å². The molecule has 4 aromatic rings. The Morgan fingerprint density at radius 3 is 2.53 bits per heavy atom. The molecule has 3 aromatic carbocycles. The highest BCUT2D eigenvalue weighted by Gasteiger charge is 2.17. The Morgan fingerprint density at radius 1 is 0.977 bits per heavy atom. The summed E-state index contributed by atoms with van der Waals surface area (Å²) in [5, 5.41) is 12.8. The van der Waals surface area contributed by atoms with Crippen LogP contribution < -0.4 is 25.2 Å². The van der Waals surface area contributed by atoms with E-state index in [0.717, 1.165) is 31.2 Å². The number of benzene rings is 3. The van der Waals surface area contributed by atoms with Crippen molar-refractivity contribution in [3.63, 3.8) is 0 Å². The lowest BCUT2D eigenvalue weighted by molar-refractivity contribution is -0.129. The van der Waals surface area contributed by atoms with E-state index in [-0.39, 0.29) is 29.0 Å². The highest BCUT2D eigenvalue weighted by molar-refractivity contribution is 6.00. The van der Waals surface area contributed by atoms with Gasteiger partial charge in [0.25, 0.3) is 5.91 Å². The molecule has 0 bridgehead atoms. The summed E-state index contributed by atoms with van der Waals surface area (Å²) in [4.78, 5) is 38.0. The number of unbranched alkanes of at least 4 members (excludes halogenated alkanes) is 3. The molecule has 0 aliphatic carbocycles. The number of nitriles is 1. The highest BCUT2D eigenvalue weighted by atomic mass is 16.5. The number of esters is 1. The number of carbonyl (C=O) groups is 2. The zero-order valence-corrected chi connectivity index (χ0v) is 24.1. The number of nitrogens with zero attached hydrogens (tertiary/aromatic N) is 1. The van der Waals surface area contributed by atoms with Crippen molar-refractivity contribution >= 4 is 28.9 Å². The van der Waals surface area contributed by atoms with Gasteiger partial charge in [-0.15, -0.1) is 0 Å². The molecule has 1 aromatic heterocycles. The molecule has 0 spiro atoms. The minimum absolute atomic E-state index is 0.0625. The van der Waals surface area contributed by atoms with Gasteiger partial charge in [0.1, 0.15) is 28.5 Å². The fourth-order valence-electron chi connectivity index (χ4n) is 4.26. The Hall–Kier alpha value is -5.36. The van der Waals surface area contributed by atoms with Gasteiger partial charge >= 0.3 is 11.6 Å². The molecule has 0 atom stereocenters. The maximum Gasteiger partial charge on any atom is 0.354 e. The van der Waals surface area contributed by atoms with Crippen LogP contribution in [0.1, 0.15) is 54.1 Å². The first-order chi connectivity index (χ1) is 20.9. The third kappa shape index (κ3) is 8.33. The van der Waals surface area contributed by atoms with Gasteiger partial charge in [-0.2, -0.15) is 5.26 Å². The molecular formula is C34H32N2O7. The van der Waals surface area contributed by atoms with Crippen molar-refractivity contribution in [1.82, 2.24) is 5.32 Å². The van der Waals surface area contributed by atoms with E-state index in [1.807, 2.05) is 36.4 Å². The molecule has 0 aliphatic heterocycles. The number of carbonyl (C=O) groups excluding carboxylic acids is 2. The minimum atomic E-state index is -0.892. The van der Waals surface area contributed by atoms with Crippen LogP contribution in [0, 0.1) is 11.3 Å². The van der Waals surface area contributed by atoms with Gasteiger partial charge in [0.15, 0.2) is 11.5 Å². The lowest BCUT2D eigenvalue weighted by Gasteiger charge is -2.11. The molecule has 1 N–H and O–H groups in total. The van der Waals surface area contributed by atoms with Crippen LogP contribution in [0.4, 0.5) is 0 Å². The fourth-order valence-corrected chi connectivity index (χ4v) is 4.26. The van der Waals surface area contributed by atoms with Gasteiger partial charge in [-0.05, 0) is 54.0 Å². The summed E-state index contributed by atoms with van der Waals surface area (Å²) >= 11 is 0. The van der Waals surface area contributed by atoms with Crippen LogP contribution in [0.3, 0.4) is 0 Å². The first-order valence-electron chi connectivity index (χ1n) is 14.0. The summed E-state index contributed by atoms with van der Waals surface area (Å²) in [6.07, 6.45) is 5.70. The van der Waals surface area contributed by atoms with Crippen LogP contribution in [0.15, 0.2) is 87.6 Å². The smallest absolute Gasteiger partial charge is 0.354 e. The van der Waals surface area contributed by atoms with Crippen molar-refractivity contribution in [3.8, 4) is 23.3 Å². The van der Waals surface area contributed by atoms with Crippen LogP contribution >= 0.6 is 0 Å². The van der Waals surface area contributed by atoms with Crippen LogP contribution in [0.5, 0.6) is 17.2 Å². The molecule has 4 rings (SSSR count). The molecule has 220 valence electrons. The quantitative estimate of drug-likeness (QED) is 0.0494. The molecule has 43 heavy (non-hydrogen) atoms. The van der Waals surface area contributed by atoms with E-state index in [1.54, 1.807) is 24.3 Å². The Bertz CT molecular complexity index is 1720. The second-order valence-corrected chi connectivity index (χ2v) is 9.69. The minimum Gasteiger partial charge on any atom is -0.493 e. The predicted octanol–water partition coefficient (Wildman–Crippen LogP) is 6.20. The predicted molar refractivity (Wildman–Crippen MR) is 162 cm³/mol. The number of rotatable bonds is 13. The average molecular weight is 581 g/mol. The third-order valence-electron chi connectivity index (χ3n) is 6.55. The van der Waals surface area contributed by atoms with Crippen molar-refractivity contribution in [2.45, 2.75) is 39.2 Å². The molecule has 1 amide bonds. The van der Waals surface area contributed by atoms with Crippen molar-refractivity contribution in [3.05, 3.63) is 105 Å². The number of amides is 1. The number of ether oxygens (including phenoxy) is 3. The molecule has 0 saturated heterocycles. The molecule has 0 fully saturated rings. The molecule has 0 saturated carbocycles. The van der Waals surface area contributed by atoms with E-state index in [0.29, 0.717) is 29.1 Å². The van der Waals surface area contributed by atoms with E-state index in [4.69, 9.17) is 18.6 Å². The molecule has 0 radical (unpaired) electrons. The maximum absolute atomic E-state index is 12.8. The number of hydrogen-bond acceptors (Lipinski definition) is 8. The fraction of sp³-hybridized carbons (Fsp3) is 0.235. The van der Waals surface area contributed by atoms with E-state index in [2.05, 4.69) is 12.2 Å². The first kappa shape index (κ1) is 30.6. The summed E-state index contributed by atoms with van der Waals surface area (Å²) in [7, 11) is 1.52. The zero-order valence-electron chi connectivity index (χ0n) is 24.1. The first-order valence-corrected chi connectivity index (χ1v) is 14.0. The van der Waals surface area contributed by atoms with Crippen molar-refractivity contribution in [2.24, 2.45) is 0 Å². The van der Waals surface area contributed by atoms with Gasteiger partial charge in [0.05, 0.1) is 13.7 Å².